The average Bonchev–Trinajstić information content (AvgIpc) is 2.75. The van der Waals surface area contributed by atoms with Crippen LogP contribution in [0.1, 0.15) is 12.5 Å². The quantitative estimate of drug-likeness (QED) is 0.557. The fraction of sp³-hybridized carbons (Fsp3) is 0.167. The van der Waals surface area contributed by atoms with Crippen LogP contribution < -0.4 is 10.6 Å². The molecule has 0 bridgehead atoms. The molecule has 0 heterocycles. The van der Waals surface area contributed by atoms with Crippen LogP contribution >= 0.6 is 11.8 Å². The van der Waals surface area contributed by atoms with Crippen LogP contribution in [0, 0.1) is 6.92 Å². The molecular formula is C24H24N2O2S. The van der Waals surface area contributed by atoms with E-state index in [2.05, 4.69) is 10.6 Å². The molecule has 0 unspecified atom stereocenters. The van der Waals surface area contributed by atoms with E-state index in [9.17, 15) is 9.59 Å². The summed E-state index contributed by atoms with van der Waals surface area (Å²) in [6, 6.07) is 25.5. The molecule has 4 nitrogen and oxygen atoms in total. The normalized spacial score (nSPS) is 11.5. The van der Waals surface area contributed by atoms with Crippen LogP contribution in [0.3, 0.4) is 0 Å². The highest BCUT2D eigenvalue weighted by Gasteiger charge is 2.15. The molecule has 2 amide bonds. The van der Waals surface area contributed by atoms with Gasteiger partial charge in [-0.25, -0.2) is 0 Å². The van der Waals surface area contributed by atoms with Gasteiger partial charge < -0.3 is 10.6 Å². The van der Waals surface area contributed by atoms with Gasteiger partial charge in [-0.05, 0) is 49.2 Å². The summed E-state index contributed by atoms with van der Waals surface area (Å²) in [6.45, 7) is 3.80. The summed E-state index contributed by atoms with van der Waals surface area (Å²) in [5.41, 5.74) is 4.87. The van der Waals surface area contributed by atoms with Crippen molar-refractivity contribution in [3.63, 3.8) is 0 Å². The first-order valence-corrected chi connectivity index (χ1v) is 10.5. The van der Waals surface area contributed by atoms with Crippen molar-refractivity contribution in [2.75, 3.05) is 16.4 Å². The molecule has 3 aromatic rings. The second kappa shape index (κ2) is 9.94. The third-order valence-corrected chi connectivity index (χ3v) is 5.57. The summed E-state index contributed by atoms with van der Waals surface area (Å²) in [4.78, 5) is 24.5. The van der Waals surface area contributed by atoms with Gasteiger partial charge in [-0.2, -0.15) is 0 Å². The van der Waals surface area contributed by atoms with Crippen molar-refractivity contribution in [3.8, 4) is 11.1 Å². The number of thioether (sulfide) groups is 1. The van der Waals surface area contributed by atoms with Gasteiger partial charge in [-0.1, -0.05) is 60.2 Å². The standard InChI is InChI=1S/C24H24N2O2S/c1-17-8-12-21(13-9-17)25-23(27)16-29-18(2)24(28)26-22-14-10-20(11-15-22)19-6-4-3-5-7-19/h3-15,18H,16H2,1-2H3,(H,25,27)(H,26,28)/t18-/m0/s1. The van der Waals surface area contributed by atoms with Gasteiger partial charge in [0.05, 0.1) is 11.0 Å². The summed E-state index contributed by atoms with van der Waals surface area (Å²) in [6.07, 6.45) is 0. The van der Waals surface area contributed by atoms with Gasteiger partial charge in [-0.15, -0.1) is 11.8 Å². The van der Waals surface area contributed by atoms with Crippen LogP contribution in [0.2, 0.25) is 0 Å². The predicted molar refractivity (Wildman–Crippen MR) is 122 cm³/mol. The molecule has 3 rings (SSSR count). The minimum Gasteiger partial charge on any atom is -0.325 e. The van der Waals surface area contributed by atoms with E-state index >= 15 is 0 Å². The first-order chi connectivity index (χ1) is 14.0. The summed E-state index contributed by atoms with van der Waals surface area (Å²) < 4.78 is 0. The number of amides is 2. The topological polar surface area (TPSA) is 58.2 Å². The van der Waals surface area contributed by atoms with Gasteiger partial charge in [0, 0.05) is 11.4 Å². The smallest absolute Gasteiger partial charge is 0.237 e. The van der Waals surface area contributed by atoms with E-state index in [1.807, 2.05) is 85.8 Å². The highest BCUT2D eigenvalue weighted by molar-refractivity contribution is 8.01. The Balaban J connectivity index is 1.47. The molecule has 2 N–H and O–H groups in total. The summed E-state index contributed by atoms with van der Waals surface area (Å²) >= 11 is 1.31. The van der Waals surface area contributed by atoms with Gasteiger partial charge in [0.1, 0.15) is 0 Å². The molecule has 0 aliphatic heterocycles. The highest BCUT2D eigenvalue weighted by Crippen LogP contribution is 2.22. The predicted octanol–water partition coefficient (Wildman–Crippen LogP) is 5.36. The second-order valence-electron chi connectivity index (χ2n) is 6.80. The number of rotatable bonds is 7. The number of nitrogens with one attached hydrogen (secondary N) is 2. The van der Waals surface area contributed by atoms with E-state index in [1.54, 1.807) is 6.92 Å². The minimum atomic E-state index is -0.340. The Labute approximate surface area is 175 Å². The number of carbonyl (C=O) groups excluding carboxylic acids is 2. The number of carbonyl (C=O) groups is 2. The molecule has 29 heavy (non-hydrogen) atoms. The third kappa shape index (κ3) is 6.22. The van der Waals surface area contributed by atoms with Gasteiger partial charge in [0.15, 0.2) is 0 Å². The molecule has 0 fully saturated rings. The monoisotopic (exact) mass is 404 g/mol. The number of anilines is 2. The zero-order chi connectivity index (χ0) is 20.6. The molecule has 5 heteroatoms. The third-order valence-electron chi connectivity index (χ3n) is 4.43. The SMILES string of the molecule is Cc1ccc(NC(=O)CS[C@@H](C)C(=O)Nc2ccc(-c3ccccc3)cc2)cc1. The van der Waals surface area contributed by atoms with Crippen molar-refractivity contribution in [3.05, 3.63) is 84.4 Å². The minimum absolute atomic E-state index is 0.120. The van der Waals surface area contributed by atoms with Crippen molar-refractivity contribution in [1.29, 1.82) is 0 Å². The van der Waals surface area contributed by atoms with Gasteiger partial charge in [0.25, 0.3) is 0 Å². The summed E-state index contributed by atoms with van der Waals surface area (Å²) in [7, 11) is 0. The first-order valence-electron chi connectivity index (χ1n) is 9.46. The first kappa shape index (κ1) is 20.7. The lowest BCUT2D eigenvalue weighted by Crippen LogP contribution is -2.25. The number of hydrogen-bond donors (Lipinski definition) is 2. The fourth-order valence-electron chi connectivity index (χ4n) is 2.73. The van der Waals surface area contributed by atoms with Gasteiger partial charge in [0.2, 0.25) is 11.8 Å². The Bertz CT molecular complexity index is 954. The molecule has 0 saturated carbocycles. The average molecular weight is 405 g/mol. The molecule has 0 spiro atoms. The zero-order valence-electron chi connectivity index (χ0n) is 16.5. The summed E-state index contributed by atoms with van der Waals surface area (Å²) in [5.74, 6) is -0.0219. The maximum atomic E-state index is 12.4. The molecular weight excluding hydrogens is 380 g/mol. The number of hydrogen-bond acceptors (Lipinski definition) is 3. The molecule has 148 valence electrons. The van der Waals surface area contributed by atoms with E-state index in [0.29, 0.717) is 0 Å². The fourth-order valence-corrected chi connectivity index (χ4v) is 3.41. The zero-order valence-corrected chi connectivity index (χ0v) is 17.3. The summed E-state index contributed by atoms with van der Waals surface area (Å²) in [5, 5.41) is 5.41. The van der Waals surface area contributed by atoms with Crippen LogP contribution in [0.15, 0.2) is 78.9 Å². The van der Waals surface area contributed by atoms with E-state index in [1.165, 1.54) is 11.8 Å². The molecule has 0 aromatic heterocycles. The number of benzene rings is 3. The Hall–Kier alpha value is -3.05. The van der Waals surface area contributed by atoms with Gasteiger partial charge in [-0.3, -0.25) is 9.59 Å². The van der Waals surface area contributed by atoms with E-state index in [0.717, 1.165) is 28.1 Å². The van der Waals surface area contributed by atoms with Crippen molar-refractivity contribution < 1.29 is 9.59 Å². The van der Waals surface area contributed by atoms with Crippen molar-refractivity contribution >= 4 is 35.0 Å². The molecule has 0 aliphatic carbocycles. The van der Waals surface area contributed by atoms with E-state index in [-0.39, 0.29) is 22.8 Å². The molecule has 0 radical (unpaired) electrons. The highest BCUT2D eigenvalue weighted by atomic mass is 32.2. The molecule has 0 saturated heterocycles. The number of aryl methyl sites for hydroxylation is 1. The van der Waals surface area contributed by atoms with Crippen LogP contribution in [-0.2, 0) is 9.59 Å². The lowest BCUT2D eigenvalue weighted by Gasteiger charge is -2.13. The lowest BCUT2D eigenvalue weighted by molar-refractivity contribution is -0.115. The molecule has 1 atom stereocenters. The molecule has 0 aliphatic rings. The molecule has 3 aromatic carbocycles. The van der Waals surface area contributed by atoms with Crippen LogP contribution in [0.25, 0.3) is 11.1 Å². The van der Waals surface area contributed by atoms with Crippen molar-refractivity contribution in [2.45, 2.75) is 19.1 Å². The van der Waals surface area contributed by atoms with Crippen molar-refractivity contribution in [2.24, 2.45) is 0 Å². The van der Waals surface area contributed by atoms with Crippen LogP contribution in [0.5, 0.6) is 0 Å². The maximum absolute atomic E-state index is 12.4. The lowest BCUT2D eigenvalue weighted by atomic mass is 10.1. The van der Waals surface area contributed by atoms with Crippen LogP contribution in [0.4, 0.5) is 11.4 Å². The van der Waals surface area contributed by atoms with Gasteiger partial charge >= 0.3 is 0 Å². The second-order valence-corrected chi connectivity index (χ2v) is 8.13. The Morgan fingerprint density at radius 2 is 1.34 bits per heavy atom. The Morgan fingerprint density at radius 1 is 0.793 bits per heavy atom. The Morgan fingerprint density at radius 3 is 2.00 bits per heavy atom. The largest absolute Gasteiger partial charge is 0.325 e. The Kier molecular flexibility index (Phi) is 7.09. The van der Waals surface area contributed by atoms with E-state index in [4.69, 9.17) is 0 Å². The van der Waals surface area contributed by atoms with E-state index < -0.39 is 0 Å². The maximum Gasteiger partial charge on any atom is 0.237 e. The van der Waals surface area contributed by atoms with Crippen LogP contribution in [-0.4, -0.2) is 22.8 Å². The van der Waals surface area contributed by atoms with Crippen molar-refractivity contribution in [1.82, 2.24) is 0 Å².